The molecule has 2 N–H and O–H groups in total. The summed E-state index contributed by atoms with van der Waals surface area (Å²) >= 11 is 0. The van der Waals surface area contributed by atoms with Crippen LogP contribution in [-0.4, -0.2) is 22.4 Å². The van der Waals surface area contributed by atoms with E-state index < -0.39 is 12.2 Å². The van der Waals surface area contributed by atoms with E-state index in [0.717, 1.165) is 18.6 Å². The van der Waals surface area contributed by atoms with Crippen molar-refractivity contribution in [2.24, 2.45) is 0 Å². The number of hydrogen-bond donors (Lipinski definition) is 2. The van der Waals surface area contributed by atoms with Gasteiger partial charge in [0.1, 0.15) is 11.9 Å². The summed E-state index contributed by atoms with van der Waals surface area (Å²) in [5.74, 6) is 0.832. The molecule has 0 aromatic heterocycles. The lowest BCUT2D eigenvalue weighted by Gasteiger charge is -2.14. The third-order valence-corrected chi connectivity index (χ3v) is 2.51. The van der Waals surface area contributed by atoms with E-state index in [1.54, 1.807) is 19.1 Å². The van der Waals surface area contributed by atoms with E-state index in [9.17, 15) is 10.2 Å². The normalized spacial score (nSPS) is 19.7. The SMILES string of the molecule is CC(O)C(O)c1ccc(OC2CC2)cc1. The van der Waals surface area contributed by atoms with Crippen molar-refractivity contribution in [1.82, 2.24) is 0 Å². The van der Waals surface area contributed by atoms with E-state index >= 15 is 0 Å². The van der Waals surface area contributed by atoms with Crippen LogP contribution >= 0.6 is 0 Å². The zero-order valence-electron chi connectivity index (χ0n) is 8.76. The average Bonchev–Trinajstić information content (AvgIpc) is 3.02. The van der Waals surface area contributed by atoms with Gasteiger partial charge in [0.05, 0.1) is 12.2 Å². The molecule has 0 amide bonds. The minimum absolute atomic E-state index is 0.387. The van der Waals surface area contributed by atoms with Gasteiger partial charge >= 0.3 is 0 Å². The second-order valence-corrected chi connectivity index (χ2v) is 4.07. The maximum atomic E-state index is 9.59. The number of aliphatic hydroxyl groups is 2. The first-order chi connectivity index (χ1) is 7.16. The molecule has 0 aliphatic heterocycles. The van der Waals surface area contributed by atoms with Crippen molar-refractivity contribution in [3.05, 3.63) is 29.8 Å². The third kappa shape index (κ3) is 2.70. The van der Waals surface area contributed by atoms with Gasteiger partial charge in [-0.25, -0.2) is 0 Å². The van der Waals surface area contributed by atoms with Crippen LogP contribution in [0.15, 0.2) is 24.3 Å². The highest BCUT2D eigenvalue weighted by molar-refractivity contribution is 5.29. The van der Waals surface area contributed by atoms with Gasteiger partial charge in [-0.3, -0.25) is 0 Å². The van der Waals surface area contributed by atoms with Crippen LogP contribution in [0.5, 0.6) is 5.75 Å². The molecule has 2 rings (SSSR count). The standard InChI is InChI=1S/C12H16O3/c1-8(13)12(14)9-2-4-10(5-3-9)15-11-6-7-11/h2-5,8,11-14H,6-7H2,1H3. The Labute approximate surface area is 89.3 Å². The average molecular weight is 208 g/mol. The van der Waals surface area contributed by atoms with Gasteiger partial charge in [0.25, 0.3) is 0 Å². The maximum Gasteiger partial charge on any atom is 0.119 e. The molecule has 1 fully saturated rings. The zero-order valence-corrected chi connectivity index (χ0v) is 8.76. The summed E-state index contributed by atoms with van der Waals surface area (Å²) in [6.07, 6.45) is 1.09. The Kier molecular flexibility index (Phi) is 2.93. The van der Waals surface area contributed by atoms with Gasteiger partial charge in [-0.05, 0) is 37.5 Å². The molecule has 0 heterocycles. The maximum absolute atomic E-state index is 9.59. The molecule has 0 spiro atoms. The summed E-state index contributed by atoms with van der Waals surface area (Å²) in [6.45, 7) is 1.57. The van der Waals surface area contributed by atoms with Crippen LogP contribution in [0.2, 0.25) is 0 Å². The smallest absolute Gasteiger partial charge is 0.119 e. The summed E-state index contributed by atoms with van der Waals surface area (Å²) in [4.78, 5) is 0. The number of rotatable bonds is 4. The van der Waals surface area contributed by atoms with Gasteiger partial charge in [0.15, 0.2) is 0 Å². The van der Waals surface area contributed by atoms with Crippen molar-refractivity contribution in [3.63, 3.8) is 0 Å². The predicted octanol–water partition coefficient (Wildman–Crippen LogP) is 1.64. The Bertz CT molecular complexity index is 314. The zero-order chi connectivity index (χ0) is 10.8. The molecule has 1 aliphatic rings. The van der Waals surface area contributed by atoms with Crippen molar-refractivity contribution >= 4 is 0 Å². The Balaban J connectivity index is 2.02. The highest BCUT2D eigenvalue weighted by Crippen LogP contribution is 2.27. The van der Waals surface area contributed by atoms with Crippen LogP contribution < -0.4 is 4.74 Å². The van der Waals surface area contributed by atoms with Gasteiger partial charge < -0.3 is 14.9 Å². The Morgan fingerprint density at radius 3 is 2.27 bits per heavy atom. The van der Waals surface area contributed by atoms with Crippen molar-refractivity contribution < 1.29 is 14.9 Å². The molecular formula is C12H16O3. The number of aliphatic hydroxyl groups excluding tert-OH is 2. The van der Waals surface area contributed by atoms with Crippen LogP contribution in [-0.2, 0) is 0 Å². The van der Waals surface area contributed by atoms with E-state index in [2.05, 4.69) is 0 Å². The minimum Gasteiger partial charge on any atom is -0.490 e. The Hall–Kier alpha value is -1.06. The molecule has 3 nitrogen and oxygen atoms in total. The number of benzene rings is 1. The Morgan fingerprint density at radius 1 is 1.20 bits per heavy atom. The van der Waals surface area contributed by atoms with Gasteiger partial charge in [-0.15, -0.1) is 0 Å². The molecule has 1 aromatic carbocycles. The third-order valence-electron chi connectivity index (χ3n) is 2.51. The molecule has 0 radical (unpaired) electrons. The minimum atomic E-state index is -0.819. The van der Waals surface area contributed by atoms with E-state index in [0.29, 0.717) is 11.7 Å². The molecule has 1 aliphatic carbocycles. The summed E-state index contributed by atoms with van der Waals surface area (Å²) in [5, 5.41) is 18.8. The molecule has 2 atom stereocenters. The number of ether oxygens (including phenoxy) is 1. The molecule has 0 bridgehead atoms. The molecule has 1 aromatic rings. The van der Waals surface area contributed by atoms with Crippen molar-refractivity contribution in [3.8, 4) is 5.75 Å². The second-order valence-electron chi connectivity index (χ2n) is 4.07. The first-order valence-corrected chi connectivity index (χ1v) is 5.29. The topological polar surface area (TPSA) is 49.7 Å². The van der Waals surface area contributed by atoms with E-state index in [-0.39, 0.29) is 0 Å². The van der Waals surface area contributed by atoms with Crippen molar-refractivity contribution in [1.29, 1.82) is 0 Å². The van der Waals surface area contributed by atoms with Crippen LogP contribution in [0.3, 0.4) is 0 Å². The molecule has 82 valence electrons. The molecule has 2 unspecified atom stereocenters. The first-order valence-electron chi connectivity index (χ1n) is 5.29. The van der Waals surface area contributed by atoms with Crippen LogP contribution in [0.4, 0.5) is 0 Å². The predicted molar refractivity (Wildman–Crippen MR) is 56.7 cm³/mol. The second kappa shape index (κ2) is 4.21. The molecular weight excluding hydrogens is 192 g/mol. The monoisotopic (exact) mass is 208 g/mol. The summed E-state index contributed by atoms with van der Waals surface area (Å²) in [6, 6.07) is 7.24. The first kappa shape index (κ1) is 10.5. The molecule has 15 heavy (non-hydrogen) atoms. The lowest BCUT2D eigenvalue weighted by molar-refractivity contribution is 0.0305. The Morgan fingerprint density at radius 2 is 1.80 bits per heavy atom. The lowest BCUT2D eigenvalue weighted by atomic mass is 10.1. The summed E-state index contributed by atoms with van der Waals surface area (Å²) in [5.41, 5.74) is 0.716. The van der Waals surface area contributed by atoms with Gasteiger partial charge in [0.2, 0.25) is 0 Å². The fraction of sp³-hybridized carbons (Fsp3) is 0.500. The summed E-state index contributed by atoms with van der Waals surface area (Å²) in [7, 11) is 0. The highest BCUT2D eigenvalue weighted by atomic mass is 16.5. The fourth-order valence-electron chi connectivity index (χ4n) is 1.40. The molecule has 0 saturated heterocycles. The van der Waals surface area contributed by atoms with Gasteiger partial charge in [0, 0.05) is 0 Å². The van der Waals surface area contributed by atoms with E-state index in [1.807, 2.05) is 12.1 Å². The van der Waals surface area contributed by atoms with Crippen LogP contribution in [0.1, 0.15) is 31.4 Å². The van der Waals surface area contributed by atoms with Gasteiger partial charge in [-0.1, -0.05) is 12.1 Å². The molecule has 1 saturated carbocycles. The van der Waals surface area contributed by atoms with E-state index in [1.165, 1.54) is 0 Å². The lowest BCUT2D eigenvalue weighted by Crippen LogP contribution is -2.13. The number of hydrogen-bond acceptors (Lipinski definition) is 3. The van der Waals surface area contributed by atoms with Crippen LogP contribution in [0.25, 0.3) is 0 Å². The fourth-order valence-corrected chi connectivity index (χ4v) is 1.40. The molecule has 3 heteroatoms. The van der Waals surface area contributed by atoms with E-state index in [4.69, 9.17) is 4.74 Å². The largest absolute Gasteiger partial charge is 0.490 e. The van der Waals surface area contributed by atoms with Gasteiger partial charge in [-0.2, -0.15) is 0 Å². The summed E-state index contributed by atoms with van der Waals surface area (Å²) < 4.78 is 5.58. The quantitative estimate of drug-likeness (QED) is 0.790. The van der Waals surface area contributed by atoms with Crippen LogP contribution in [0, 0.1) is 0 Å². The van der Waals surface area contributed by atoms with Crippen molar-refractivity contribution in [2.45, 2.75) is 38.1 Å². The van der Waals surface area contributed by atoms with Crippen molar-refractivity contribution in [2.75, 3.05) is 0 Å². The highest BCUT2D eigenvalue weighted by Gasteiger charge is 2.23.